The summed E-state index contributed by atoms with van der Waals surface area (Å²) in [5.74, 6) is -0.154. The highest BCUT2D eigenvalue weighted by molar-refractivity contribution is 7.92. The van der Waals surface area contributed by atoms with Crippen molar-refractivity contribution in [1.29, 1.82) is 0 Å². The Morgan fingerprint density at radius 2 is 1.90 bits per heavy atom. The van der Waals surface area contributed by atoms with Crippen LogP contribution >= 0.6 is 0 Å². The molecule has 0 amide bonds. The molecule has 6 nitrogen and oxygen atoms in total. The second kappa shape index (κ2) is 5.77. The first-order chi connectivity index (χ1) is 9.85. The van der Waals surface area contributed by atoms with Gasteiger partial charge in [0, 0.05) is 0 Å². The van der Waals surface area contributed by atoms with Gasteiger partial charge in [0.1, 0.15) is 0 Å². The van der Waals surface area contributed by atoms with Crippen LogP contribution in [0.1, 0.15) is 37.3 Å². The van der Waals surface area contributed by atoms with E-state index >= 15 is 0 Å². The largest absolute Gasteiger partial charge is 0.360 e. The van der Waals surface area contributed by atoms with Gasteiger partial charge in [0.15, 0.2) is 0 Å². The van der Waals surface area contributed by atoms with Crippen molar-refractivity contribution >= 4 is 15.9 Å². The molecule has 1 heterocycles. The molecule has 114 valence electrons. The molecule has 0 saturated carbocycles. The molecular formula is C14H18N2O4S. The van der Waals surface area contributed by atoms with Crippen LogP contribution in [0.5, 0.6) is 0 Å². The van der Waals surface area contributed by atoms with Gasteiger partial charge in [0.05, 0.1) is 10.5 Å². The molecule has 2 rings (SSSR count). The van der Waals surface area contributed by atoms with Gasteiger partial charge in [-0.15, -0.1) is 0 Å². The number of hydrogen-bond donors (Lipinski definition) is 2. The van der Waals surface area contributed by atoms with Crippen LogP contribution in [0.15, 0.2) is 38.5 Å². The van der Waals surface area contributed by atoms with Crippen molar-refractivity contribution in [3.05, 3.63) is 45.7 Å². The molecule has 0 fully saturated rings. The van der Waals surface area contributed by atoms with E-state index < -0.39 is 15.6 Å². The maximum atomic E-state index is 12.3. The van der Waals surface area contributed by atoms with Crippen LogP contribution in [-0.4, -0.2) is 13.6 Å². The summed E-state index contributed by atoms with van der Waals surface area (Å²) in [7, 11) is -3.78. The van der Waals surface area contributed by atoms with Gasteiger partial charge in [-0.05, 0) is 31.4 Å². The normalized spacial score (nSPS) is 13.1. The third-order valence-corrected chi connectivity index (χ3v) is 4.75. The number of nitrogens with one attached hydrogen (secondary N) is 2. The fraction of sp³-hybridized carbons (Fsp3) is 0.357. The Bertz CT molecular complexity index is 772. The zero-order chi connectivity index (χ0) is 15.6. The molecule has 0 saturated heterocycles. The Labute approximate surface area is 123 Å². The van der Waals surface area contributed by atoms with Gasteiger partial charge < -0.3 is 4.52 Å². The predicted octanol–water partition coefficient (Wildman–Crippen LogP) is 2.59. The zero-order valence-corrected chi connectivity index (χ0v) is 13.0. The third kappa shape index (κ3) is 3.18. The van der Waals surface area contributed by atoms with E-state index in [1.54, 1.807) is 12.1 Å². The molecule has 2 aromatic rings. The average molecular weight is 310 g/mol. The molecule has 21 heavy (non-hydrogen) atoms. The zero-order valence-electron chi connectivity index (χ0n) is 12.1. The predicted molar refractivity (Wildman–Crippen MR) is 80.0 cm³/mol. The van der Waals surface area contributed by atoms with Crippen LogP contribution in [0.2, 0.25) is 0 Å². The highest BCUT2D eigenvalue weighted by Crippen LogP contribution is 2.25. The van der Waals surface area contributed by atoms with E-state index in [0.29, 0.717) is 12.0 Å². The minimum Gasteiger partial charge on any atom is -0.360 e. The van der Waals surface area contributed by atoms with Gasteiger partial charge in [-0.3, -0.25) is 4.79 Å². The number of benzene rings is 1. The van der Waals surface area contributed by atoms with Crippen LogP contribution in [0.4, 0.5) is 5.88 Å². The molecule has 1 atom stereocenters. The number of sulfonamides is 1. The Morgan fingerprint density at radius 1 is 1.29 bits per heavy atom. The van der Waals surface area contributed by atoms with Crippen molar-refractivity contribution < 1.29 is 12.9 Å². The van der Waals surface area contributed by atoms with Crippen molar-refractivity contribution in [3.63, 3.8) is 0 Å². The van der Waals surface area contributed by atoms with E-state index in [-0.39, 0.29) is 16.7 Å². The van der Waals surface area contributed by atoms with Crippen LogP contribution in [0, 0.1) is 6.92 Å². The standard InChI is InChI=1S/C14H18N2O4S/c1-4-10(3)12-13(17)15-20-14(12)16-21(18,19)11-7-5-9(2)6-8-11/h5-8,10,16H,4H2,1-3H3,(H,15,17)/t10-/m0/s1. The van der Waals surface area contributed by atoms with Gasteiger partial charge in [-0.2, -0.15) is 5.16 Å². The van der Waals surface area contributed by atoms with Crippen molar-refractivity contribution in [2.45, 2.75) is 38.0 Å². The number of aromatic amines is 1. The van der Waals surface area contributed by atoms with Crippen molar-refractivity contribution in [2.24, 2.45) is 0 Å². The van der Waals surface area contributed by atoms with Crippen LogP contribution in [0.25, 0.3) is 0 Å². The van der Waals surface area contributed by atoms with Crippen LogP contribution in [-0.2, 0) is 10.0 Å². The molecule has 0 aliphatic heterocycles. The molecule has 0 spiro atoms. The van der Waals surface area contributed by atoms with Gasteiger partial charge >= 0.3 is 0 Å². The lowest BCUT2D eigenvalue weighted by atomic mass is 10.0. The van der Waals surface area contributed by atoms with E-state index in [2.05, 4.69) is 9.88 Å². The Kier molecular flexibility index (Phi) is 4.22. The summed E-state index contributed by atoms with van der Waals surface area (Å²) in [6.07, 6.45) is 0.696. The number of aryl methyl sites for hydroxylation is 1. The first-order valence-electron chi connectivity index (χ1n) is 6.66. The average Bonchev–Trinajstić information content (AvgIpc) is 2.79. The van der Waals surface area contributed by atoms with E-state index in [1.807, 2.05) is 20.8 Å². The summed E-state index contributed by atoms with van der Waals surface area (Å²) < 4.78 is 31.9. The van der Waals surface area contributed by atoms with Crippen LogP contribution in [0.3, 0.4) is 0 Å². The molecule has 1 aromatic carbocycles. The maximum Gasteiger partial charge on any atom is 0.285 e. The fourth-order valence-electron chi connectivity index (χ4n) is 1.94. The molecular weight excluding hydrogens is 292 g/mol. The second-order valence-electron chi connectivity index (χ2n) is 5.00. The van der Waals surface area contributed by atoms with Crippen LogP contribution < -0.4 is 10.3 Å². The molecule has 2 N–H and O–H groups in total. The molecule has 0 bridgehead atoms. The summed E-state index contributed by atoms with van der Waals surface area (Å²) in [4.78, 5) is 11.8. The number of H-pyrrole nitrogens is 1. The fourth-order valence-corrected chi connectivity index (χ4v) is 2.94. The smallest absolute Gasteiger partial charge is 0.285 e. The summed E-state index contributed by atoms with van der Waals surface area (Å²) >= 11 is 0. The third-order valence-electron chi connectivity index (χ3n) is 3.40. The van der Waals surface area contributed by atoms with Crippen molar-refractivity contribution in [1.82, 2.24) is 5.16 Å². The minimum absolute atomic E-state index is 0.0464. The van der Waals surface area contributed by atoms with E-state index in [4.69, 9.17) is 4.52 Å². The molecule has 1 aromatic heterocycles. The molecule has 0 unspecified atom stereocenters. The van der Waals surface area contributed by atoms with Gasteiger partial charge in [-0.25, -0.2) is 13.1 Å². The first-order valence-corrected chi connectivity index (χ1v) is 8.14. The lowest BCUT2D eigenvalue weighted by Gasteiger charge is -2.09. The summed E-state index contributed by atoms with van der Waals surface area (Å²) in [5, 5.41) is 2.18. The lowest BCUT2D eigenvalue weighted by Crippen LogP contribution is -2.16. The second-order valence-corrected chi connectivity index (χ2v) is 6.69. The summed E-state index contributed by atoms with van der Waals surface area (Å²) in [5.41, 5.74) is 0.863. The summed E-state index contributed by atoms with van der Waals surface area (Å²) in [6.45, 7) is 5.62. The first kappa shape index (κ1) is 15.4. The van der Waals surface area contributed by atoms with E-state index in [1.165, 1.54) is 12.1 Å². The minimum atomic E-state index is -3.78. The number of anilines is 1. The van der Waals surface area contributed by atoms with E-state index in [9.17, 15) is 13.2 Å². The SMILES string of the molecule is CC[C@H](C)c1c(NS(=O)(=O)c2ccc(C)cc2)o[nH]c1=O. The molecule has 0 radical (unpaired) electrons. The molecule has 0 aliphatic carbocycles. The van der Waals surface area contributed by atoms with Gasteiger partial charge in [0.2, 0.25) is 5.88 Å². The molecule has 0 aliphatic rings. The number of rotatable bonds is 5. The van der Waals surface area contributed by atoms with Gasteiger partial charge in [-0.1, -0.05) is 31.5 Å². The topological polar surface area (TPSA) is 92.2 Å². The quantitative estimate of drug-likeness (QED) is 0.887. The van der Waals surface area contributed by atoms with E-state index in [0.717, 1.165) is 5.56 Å². The Hall–Kier alpha value is -2.02. The van der Waals surface area contributed by atoms with Crippen molar-refractivity contribution in [3.8, 4) is 0 Å². The number of hydrogen-bond acceptors (Lipinski definition) is 4. The maximum absolute atomic E-state index is 12.3. The number of aromatic nitrogens is 1. The van der Waals surface area contributed by atoms with Crippen molar-refractivity contribution in [2.75, 3.05) is 4.72 Å². The molecule has 7 heteroatoms. The Morgan fingerprint density at radius 3 is 2.48 bits per heavy atom. The monoisotopic (exact) mass is 310 g/mol. The lowest BCUT2D eigenvalue weighted by molar-refractivity contribution is 0.428. The van der Waals surface area contributed by atoms with Gasteiger partial charge in [0.25, 0.3) is 15.6 Å². The summed E-state index contributed by atoms with van der Waals surface area (Å²) in [6, 6.07) is 6.42. The Balaban J connectivity index is 2.38. The highest BCUT2D eigenvalue weighted by Gasteiger charge is 2.23. The highest BCUT2D eigenvalue weighted by atomic mass is 32.2.